The number of amides is 2. The van der Waals surface area contributed by atoms with E-state index in [-0.39, 0.29) is 11.8 Å². The van der Waals surface area contributed by atoms with Gasteiger partial charge in [0.25, 0.3) is 11.8 Å². The Labute approximate surface area is 152 Å². The lowest BCUT2D eigenvalue weighted by Gasteiger charge is -2.22. The molecule has 1 heterocycles. The van der Waals surface area contributed by atoms with Crippen LogP contribution in [-0.4, -0.2) is 54.9 Å². The molecule has 1 saturated heterocycles. The normalized spacial score (nSPS) is 14.7. The van der Waals surface area contributed by atoms with Gasteiger partial charge in [0.1, 0.15) is 11.6 Å². The average molecular weight is 356 g/mol. The number of hydrogen-bond donors (Lipinski definition) is 0. The zero-order chi connectivity index (χ0) is 18.5. The van der Waals surface area contributed by atoms with Gasteiger partial charge in [0.05, 0.1) is 7.11 Å². The Balaban J connectivity index is 1.68. The minimum atomic E-state index is -0.430. The molecule has 0 radical (unpaired) electrons. The van der Waals surface area contributed by atoms with Crippen molar-refractivity contribution in [3.05, 3.63) is 65.5 Å². The monoisotopic (exact) mass is 356 g/mol. The number of nitrogens with zero attached hydrogens (tertiary/aromatic N) is 2. The van der Waals surface area contributed by atoms with Crippen molar-refractivity contribution in [3.63, 3.8) is 0 Å². The second-order valence-electron chi connectivity index (χ2n) is 6.18. The molecule has 1 aliphatic rings. The third-order valence-corrected chi connectivity index (χ3v) is 4.46. The van der Waals surface area contributed by atoms with Gasteiger partial charge in [-0.05, 0) is 42.8 Å². The van der Waals surface area contributed by atoms with Crippen LogP contribution in [-0.2, 0) is 0 Å². The van der Waals surface area contributed by atoms with Crippen molar-refractivity contribution in [2.75, 3.05) is 33.3 Å². The van der Waals surface area contributed by atoms with E-state index in [0.29, 0.717) is 49.5 Å². The van der Waals surface area contributed by atoms with E-state index in [1.54, 1.807) is 47.2 Å². The zero-order valence-electron chi connectivity index (χ0n) is 14.7. The van der Waals surface area contributed by atoms with E-state index in [1.807, 2.05) is 0 Å². The van der Waals surface area contributed by atoms with E-state index < -0.39 is 5.82 Å². The Hall–Kier alpha value is -2.89. The third kappa shape index (κ3) is 4.02. The maximum atomic E-state index is 13.4. The highest BCUT2D eigenvalue weighted by Gasteiger charge is 2.23. The van der Waals surface area contributed by atoms with Crippen LogP contribution in [0.5, 0.6) is 5.75 Å². The molecule has 0 N–H and O–H groups in total. The first-order chi connectivity index (χ1) is 12.6. The molecule has 0 aromatic heterocycles. The van der Waals surface area contributed by atoms with Crippen molar-refractivity contribution in [2.24, 2.45) is 0 Å². The van der Waals surface area contributed by atoms with Gasteiger partial charge in [0.2, 0.25) is 0 Å². The fourth-order valence-electron chi connectivity index (χ4n) is 3.07. The van der Waals surface area contributed by atoms with Crippen LogP contribution in [0.2, 0.25) is 0 Å². The SMILES string of the molecule is COc1cccc(C(=O)N2CCCN(C(=O)c3cccc(F)c3)CC2)c1. The van der Waals surface area contributed by atoms with Gasteiger partial charge in [-0.2, -0.15) is 0 Å². The van der Waals surface area contributed by atoms with Crippen LogP contribution in [0.4, 0.5) is 4.39 Å². The summed E-state index contributed by atoms with van der Waals surface area (Å²) in [6.07, 6.45) is 0.677. The first kappa shape index (κ1) is 17.9. The molecule has 1 fully saturated rings. The van der Waals surface area contributed by atoms with Crippen molar-refractivity contribution in [1.29, 1.82) is 0 Å². The van der Waals surface area contributed by atoms with Crippen LogP contribution in [0.1, 0.15) is 27.1 Å². The first-order valence-electron chi connectivity index (χ1n) is 8.56. The topological polar surface area (TPSA) is 49.9 Å². The molecule has 5 nitrogen and oxygen atoms in total. The largest absolute Gasteiger partial charge is 0.497 e. The molecule has 0 saturated carbocycles. The van der Waals surface area contributed by atoms with Crippen LogP contribution in [0.25, 0.3) is 0 Å². The van der Waals surface area contributed by atoms with Crippen LogP contribution in [0.3, 0.4) is 0 Å². The highest BCUT2D eigenvalue weighted by molar-refractivity contribution is 5.95. The molecule has 26 heavy (non-hydrogen) atoms. The van der Waals surface area contributed by atoms with Crippen molar-refractivity contribution in [3.8, 4) is 5.75 Å². The molecule has 0 aliphatic carbocycles. The minimum absolute atomic E-state index is 0.0797. The number of hydrogen-bond acceptors (Lipinski definition) is 3. The van der Waals surface area contributed by atoms with E-state index >= 15 is 0 Å². The molecular formula is C20H21FN2O3. The summed E-state index contributed by atoms with van der Waals surface area (Å²) in [6.45, 7) is 1.97. The van der Waals surface area contributed by atoms with Crippen LogP contribution in [0, 0.1) is 5.82 Å². The van der Waals surface area contributed by atoms with E-state index in [9.17, 15) is 14.0 Å². The summed E-state index contributed by atoms with van der Waals surface area (Å²) in [5, 5.41) is 0. The smallest absolute Gasteiger partial charge is 0.254 e. The maximum Gasteiger partial charge on any atom is 0.254 e. The number of benzene rings is 2. The Morgan fingerprint density at radius 3 is 2.04 bits per heavy atom. The molecule has 136 valence electrons. The van der Waals surface area contributed by atoms with E-state index in [4.69, 9.17) is 4.74 Å². The van der Waals surface area contributed by atoms with Gasteiger partial charge < -0.3 is 14.5 Å². The van der Waals surface area contributed by atoms with Crippen molar-refractivity contribution in [2.45, 2.75) is 6.42 Å². The summed E-state index contributed by atoms with van der Waals surface area (Å²) in [6, 6.07) is 12.7. The number of rotatable bonds is 3. The fourth-order valence-corrected chi connectivity index (χ4v) is 3.07. The molecule has 2 aromatic carbocycles. The van der Waals surface area contributed by atoms with E-state index in [1.165, 1.54) is 18.2 Å². The quantitative estimate of drug-likeness (QED) is 0.850. The fraction of sp³-hybridized carbons (Fsp3) is 0.300. The number of carbonyl (C=O) groups excluding carboxylic acids is 2. The number of carbonyl (C=O) groups is 2. The number of methoxy groups -OCH3 is 1. The summed E-state index contributed by atoms with van der Waals surface area (Å²) >= 11 is 0. The van der Waals surface area contributed by atoms with Gasteiger partial charge in [0, 0.05) is 37.3 Å². The molecule has 2 aromatic rings. The highest BCUT2D eigenvalue weighted by atomic mass is 19.1. The zero-order valence-corrected chi connectivity index (χ0v) is 14.7. The van der Waals surface area contributed by atoms with Crippen molar-refractivity contribution in [1.82, 2.24) is 9.80 Å². The second kappa shape index (κ2) is 7.99. The predicted octanol–water partition coefficient (Wildman–Crippen LogP) is 2.82. The Morgan fingerprint density at radius 1 is 0.885 bits per heavy atom. The number of ether oxygens (including phenoxy) is 1. The Morgan fingerprint density at radius 2 is 1.46 bits per heavy atom. The summed E-state index contributed by atoms with van der Waals surface area (Å²) in [7, 11) is 1.56. The molecule has 2 amide bonds. The summed E-state index contributed by atoms with van der Waals surface area (Å²) in [4.78, 5) is 28.7. The molecular weight excluding hydrogens is 335 g/mol. The van der Waals surface area contributed by atoms with Crippen molar-refractivity contribution >= 4 is 11.8 Å². The minimum Gasteiger partial charge on any atom is -0.497 e. The maximum absolute atomic E-state index is 13.4. The molecule has 0 atom stereocenters. The lowest BCUT2D eigenvalue weighted by molar-refractivity contribution is 0.0718. The van der Waals surface area contributed by atoms with Gasteiger partial charge >= 0.3 is 0 Å². The van der Waals surface area contributed by atoms with Crippen molar-refractivity contribution < 1.29 is 18.7 Å². The predicted molar refractivity (Wildman–Crippen MR) is 95.8 cm³/mol. The standard InChI is InChI=1S/C20H21FN2O3/c1-26-18-8-3-6-16(14-18)20(25)23-10-4-9-22(11-12-23)19(24)15-5-2-7-17(21)13-15/h2-3,5-8,13-14H,4,9-12H2,1H3. The van der Waals surface area contributed by atoms with Crippen LogP contribution in [0.15, 0.2) is 48.5 Å². The lowest BCUT2D eigenvalue weighted by atomic mass is 10.2. The summed E-state index contributed by atoms with van der Waals surface area (Å²) in [5.74, 6) is -0.0850. The van der Waals surface area contributed by atoms with Gasteiger partial charge in [-0.15, -0.1) is 0 Å². The summed E-state index contributed by atoms with van der Waals surface area (Å²) < 4.78 is 18.5. The van der Waals surface area contributed by atoms with Gasteiger partial charge in [-0.1, -0.05) is 12.1 Å². The molecule has 6 heteroatoms. The van der Waals surface area contributed by atoms with E-state index in [0.717, 1.165) is 0 Å². The number of halogens is 1. The third-order valence-electron chi connectivity index (χ3n) is 4.46. The van der Waals surface area contributed by atoms with E-state index in [2.05, 4.69) is 0 Å². The molecule has 0 unspecified atom stereocenters. The molecule has 3 rings (SSSR count). The van der Waals surface area contributed by atoms with Gasteiger partial charge in [-0.25, -0.2) is 4.39 Å². The summed E-state index contributed by atoms with van der Waals surface area (Å²) in [5.41, 5.74) is 0.895. The first-order valence-corrected chi connectivity index (χ1v) is 8.56. The molecule has 0 bridgehead atoms. The highest BCUT2D eigenvalue weighted by Crippen LogP contribution is 2.16. The molecule has 0 spiro atoms. The average Bonchev–Trinajstić information content (AvgIpc) is 2.93. The van der Waals surface area contributed by atoms with Gasteiger partial charge in [0.15, 0.2) is 0 Å². The van der Waals surface area contributed by atoms with Crippen LogP contribution >= 0.6 is 0 Å². The molecule has 1 aliphatic heterocycles. The Kier molecular flexibility index (Phi) is 5.51. The second-order valence-corrected chi connectivity index (χ2v) is 6.18. The van der Waals surface area contributed by atoms with Crippen LogP contribution < -0.4 is 4.74 Å². The Bertz CT molecular complexity index is 809. The lowest BCUT2D eigenvalue weighted by Crippen LogP contribution is -2.37. The van der Waals surface area contributed by atoms with Gasteiger partial charge in [-0.3, -0.25) is 9.59 Å².